The zero-order valence-electron chi connectivity index (χ0n) is 5.69. The third-order valence-corrected chi connectivity index (χ3v) is 1.90. The molecule has 1 aliphatic rings. The lowest BCUT2D eigenvalue weighted by molar-refractivity contribution is -0.886. The summed E-state index contributed by atoms with van der Waals surface area (Å²) in [6.45, 7) is 3.65. The van der Waals surface area contributed by atoms with Crippen LogP contribution in [0.3, 0.4) is 0 Å². The van der Waals surface area contributed by atoms with Crippen LogP contribution in [0.15, 0.2) is 0 Å². The summed E-state index contributed by atoms with van der Waals surface area (Å²) in [5, 5.41) is 8.26. The van der Waals surface area contributed by atoms with Crippen LogP contribution in [-0.2, 0) is 0 Å². The summed E-state index contributed by atoms with van der Waals surface area (Å²) >= 11 is 0. The zero-order valence-corrected chi connectivity index (χ0v) is 5.69. The monoisotopic (exact) mass is 125 g/mol. The van der Waals surface area contributed by atoms with Gasteiger partial charge < -0.3 is 4.90 Å². The van der Waals surface area contributed by atoms with Crippen molar-refractivity contribution in [2.75, 3.05) is 19.6 Å². The predicted molar refractivity (Wildman–Crippen MR) is 35.0 cm³/mol. The van der Waals surface area contributed by atoms with Crippen molar-refractivity contribution in [1.82, 2.24) is 0 Å². The molecule has 0 amide bonds. The van der Waals surface area contributed by atoms with E-state index in [0.29, 0.717) is 0 Å². The first-order valence-corrected chi connectivity index (χ1v) is 3.64. The van der Waals surface area contributed by atoms with Gasteiger partial charge in [0.25, 0.3) is 0 Å². The fourth-order valence-electron chi connectivity index (χ4n) is 1.36. The molecule has 1 aliphatic heterocycles. The van der Waals surface area contributed by atoms with Gasteiger partial charge in [-0.3, -0.25) is 0 Å². The van der Waals surface area contributed by atoms with Crippen molar-refractivity contribution in [3.63, 3.8) is 0 Å². The molecule has 1 fully saturated rings. The summed E-state index contributed by atoms with van der Waals surface area (Å²) < 4.78 is 0. The van der Waals surface area contributed by atoms with Gasteiger partial charge >= 0.3 is 0 Å². The van der Waals surface area contributed by atoms with E-state index in [2.05, 4.69) is 6.07 Å². The average Bonchev–Trinajstić information content (AvgIpc) is 2.34. The average molecular weight is 125 g/mol. The molecule has 0 spiro atoms. The van der Waals surface area contributed by atoms with E-state index in [1.807, 2.05) is 0 Å². The van der Waals surface area contributed by atoms with Crippen LogP contribution in [-0.4, -0.2) is 19.6 Å². The first-order valence-electron chi connectivity index (χ1n) is 3.64. The maximum Gasteiger partial charge on any atom is 0.0903 e. The van der Waals surface area contributed by atoms with E-state index in [1.54, 1.807) is 4.90 Å². The third kappa shape index (κ3) is 2.03. The molecule has 0 atom stereocenters. The topological polar surface area (TPSA) is 28.2 Å². The number of nitrogens with zero attached hydrogens (tertiary/aromatic N) is 1. The predicted octanol–water partition coefficient (Wildman–Crippen LogP) is -0.421. The number of nitrogens with one attached hydrogen (secondary N) is 1. The largest absolute Gasteiger partial charge is 0.334 e. The van der Waals surface area contributed by atoms with Gasteiger partial charge in [-0.1, -0.05) is 0 Å². The van der Waals surface area contributed by atoms with E-state index in [9.17, 15) is 0 Å². The quantitative estimate of drug-likeness (QED) is 0.533. The van der Waals surface area contributed by atoms with Gasteiger partial charge in [0.1, 0.15) is 0 Å². The molecule has 2 heteroatoms. The molecule has 1 rings (SSSR count). The number of hydrogen-bond donors (Lipinski definition) is 1. The van der Waals surface area contributed by atoms with E-state index in [1.165, 1.54) is 25.9 Å². The molecule has 0 aromatic heterocycles. The van der Waals surface area contributed by atoms with Crippen LogP contribution < -0.4 is 4.90 Å². The Morgan fingerprint density at radius 3 is 2.56 bits per heavy atom. The van der Waals surface area contributed by atoms with Crippen molar-refractivity contribution in [2.45, 2.75) is 19.3 Å². The highest BCUT2D eigenvalue weighted by Crippen LogP contribution is 1.87. The number of nitriles is 1. The molecule has 1 N–H and O–H groups in total. The molecule has 0 aromatic rings. The van der Waals surface area contributed by atoms with E-state index in [-0.39, 0.29) is 0 Å². The minimum Gasteiger partial charge on any atom is -0.334 e. The van der Waals surface area contributed by atoms with Crippen LogP contribution in [0.5, 0.6) is 0 Å². The highest BCUT2D eigenvalue weighted by atomic mass is 15.1. The van der Waals surface area contributed by atoms with Crippen molar-refractivity contribution in [1.29, 1.82) is 5.26 Å². The van der Waals surface area contributed by atoms with E-state index in [0.717, 1.165) is 13.0 Å². The minimum absolute atomic E-state index is 0.731. The lowest BCUT2D eigenvalue weighted by Crippen LogP contribution is -3.09. The lowest BCUT2D eigenvalue weighted by atomic mass is 10.4. The Balaban J connectivity index is 2.06. The molecular formula is C7H13N2+. The van der Waals surface area contributed by atoms with Crippen molar-refractivity contribution >= 4 is 0 Å². The highest BCUT2D eigenvalue weighted by Gasteiger charge is 2.13. The normalized spacial score (nSPS) is 19.9. The first-order chi connectivity index (χ1) is 4.43. The second-order valence-corrected chi connectivity index (χ2v) is 2.62. The van der Waals surface area contributed by atoms with Crippen LogP contribution in [0.25, 0.3) is 0 Å². The van der Waals surface area contributed by atoms with Gasteiger partial charge in [0.2, 0.25) is 0 Å². The first kappa shape index (κ1) is 6.57. The number of hydrogen-bond acceptors (Lipinski definition) is 1. The molecule has 2 nitrogen and oxygen atoms in total. The van der Waals surface area contributed by atoms with Crippen LogP contribution in [0, 0.1) is 11.3 Å². The molecule has 0 unspecified atom stereocenters. The van der Waals surface area contributed by atoms with Gasteiger partial charge in [-0.2, -0.15) is 5.26 Å². The molecular weight excluding hydrogens is 112 g/mol. The fourth-order valence-corrected chi connectivity index (χ4v) is 1.36. The van der Waals surface area contributed by atoms with E-state index in [4.69, 9.17) is 5.26 Å². The van der Waals surface area contributed by atoms with Gasteiger partial charge in [0.15, 0.2) is 0 Å². The standard InChI is InChI=1S/C7H12N2/c8-4-3-7-9-5-1-2-6-9/h1-3,5-7H2/p+1. The second-order valence-electron chi connectivity index (χ2n) is 2.62. The minimum atomic E-state index is 0.731. The molecule has 9 heavy (non-hydrogen) atoms. The Bertz CT molecular complexity index is 109. The molecule has 0 bridgehead atoms. The zero-order chi connectivity index (χ0) is 6.53. The van der Waals surface area contributed by atoms with Gasteiger partial charge in [0.05, 0.1) is 32.1 Å². The Morgan fingerprint density at radius 2 is 2.00 bits per heavy atom. The smallest absolute Gasteiger partial charge is 0.0903 e. The van der Waals surface area contributed by atoms with Crippen LogP contribution >= 0.6 is 0 Å². The summed E-state index contributed by atoms with van der Waals surface area (Å²) in [6, 6.07) is 2.17. The second kappa shape index (κ2) is 3.47. The van der Waals surface area contributed by atoms with Crippen molar-refractivity contribution < 1.29 is 4.90 Å². The van der Waals surface area contributed by atoms with Crippen LogP contribution in [0.2, 0.25) is 0 Å². The van der Waals surface area contributed by atoms with Crippen LogP contribution in [0.1, 0.15) is 19.3 Å². The Kier molecular flexibility index (Phi) is 2.53. The van der Waals surface area contributed by atoms with Crippen LogP contribution in [0.4, 0.5) is 0 Å². The number of likely N-dealkylation sites (tertiary alicyclic amines) is 1. The molecule has 50 valence electrons. The molecule has 1 saturated heterocycles. The SMILES string of the molecule is N#CCC[NH+]1CCCC1. The lowest BCUT2D eigenvalue weighted by Gasteiger charge is -2.07. The van der Waals surface area contributed by atoms with Crippen molar-refractivity contribution in [3.8, 4) is 6.07 Å². The fraction of sp³-hybridized carbons (Fsp3) is 0.857. The van der Waals surface area contributed by atoms with E-state index >= 15 is 0 Å². The Labute approximate surface area is 56.1 Å². The van der Waals surface area contributed by atoms with Crippen molar-refractivity contribution in [3.05, 3.63) is 0 Å². The maximum absolute atomic E-state index is 8.26. The Morgan fingerprint density at radius 1 is 1.33 bits per heavy atom. The summed E-state index contributed by atoms with van der Waals surface area (Å²) in [5.74, 6) is 0. The van der Waals surface area contributed by atoms with Crippen molar-refractivity contribution in [2.24, 2.45) is 0 Å². The van der Waals surface area contributed by atoms with Gasteiger partial charge in [-0.05, 0) is 0 Å². The highest BCUT2D eigenvalue weighted by molar-refractivity contribution is 4.67. The molecule has 0 radical (unpaired) electrons. The number of quaternary nitrogens is 1. The summed E-state index contributed by atoms with van der Waals surface area (Å²) in [4.78, 5) is 1.62. The molecule has 1 heterocycles. The Hall–Kier alpha value is -0.550. The van der Waals surface area contributed by atoms with Gasteiger partial charge in [-0.15, -0.1) is 0 Å². The van der Waals surface area contributed by atoms with E-state index < -0.39 is 0 Å². The maximum atomic E-state index is 8.26. The molecule has 0 aromatic carbocycles. The summed E-state index contributed by atoms with van der Waals surface area (Å²) in [7, 11) is 0. The molecule has 0 aliphatic carbocycles. The summed E-state index contributed by atoms with van der Waals surface area (Å²) in [6.07, 6.45) is 3.46. The number of rotatable bonds is 2. The van der Waals surface area contributed by atoms with Gasteiger partial charge in [0, 0.05) is 12.8 Å². The molecule has 0 saturated carbocycles. The third-order valence-electron chi connectivity index (χ3n) is 1.90. The summed E-state index contributed by atoms with van der Waals surface area (Å²) in [5.41, 5.74) is 0. The van der Waals surface area contributed by atoms with Gasteiger partial charge in [-0.25, -0.2) is 0 Å².